The number of nitrogens with zero attached hydrogens (tertiary/aromatic N) is 1. The molecular formula is C16H19FN2O. The first-order valence-corrected chi connectivity index (χ1v) is 7.16. The summed E-state index contributed by atoms with van der Waals surface area (Å²) in [6.45, 7) is 2.28. The number of anilines is 1. The number of halogens is 1. The van der Waals surface area contributed by atoms with E-state index in [0.29, 0.717) is 11.7 Å². The predicted octanol–water partition coefficient (Wildman–Crippen LogP) is 4.36. The highest BCUT2D eigenvalue weighted by atomic mass is 19.1. The lowest BCUT2D eigenvalue weighted by Crippen LogP contribution is -2.11. The lowest BCUT2D eigenvalue weighted by atomic mass is 9.80. The van der Waals surface area contributed by atoms with Crippen LogP contribution < -0.4 is 5.73 Å². The second kappa shape index (κ2) is 5.27. The molecule has 1 saturated carbocycles. The van der Waals surface area contributed by atoms with E-state index in [9.17, 15) is 4.39 Å². The summed E-state index contributed by atoms with van der Waals surface area (Å²) in [6.07, 6.45) is 4.61. The van der Waals surface area contributed by atoms with Crippen LogP contribution in [0, 0.1) is 11.7 Å². The largest absolute Gasteiger partial charge is 0.380 e. The summed E-state index contributed by atoms with van der Waals surface area (Å²) in [6, 6.07) is 6.34. The van der Waals surface area contributed by atoms with Gasteiger partial charge in [0.2, 0.25) is 0 Å². The van der Waals surface area contributed by atoms with Crippen molar-refractivity contribution in [3.8, 4) is 11.1 Å². The Balaban J connectivity index is 1.95. The number of hydrogen-bond acceptors (Lipinski definition) is 3. The molecule has 0 bridgehead atoms. The van der Waals surface area contributed by atoms with Crippen molar-refractivity contribution in [2.75, 3.05) is 5.73 Å². The minimum absolute atomic E-state index is 0.253. The van der Waals surface area contributed by atoms with E-state index in [1.807, 2.05) is 0 Å². The molecule has 20 heavy (non-hydrogen) atoms. The molecule has 2 aromatic rings. The Kier molecular flexibility index (Phi) is 3.47. The molecule has 3 rings (SSSR count). The fourth-order valence-corrected chi connectivity index (χ4v) is 3.02. The van der Waals surface area contributed by atoms with Crippen LogP contribution in [0.4, 0.5) is 10.2 Å². The number of nitrogens with two attached hydrogens (primary N) is 1. The second-order valence-electron chi connectivity index (χ2n) is 5.77. The molecule has 1 fully saturated rings. The summed E-state index contributed by atoms with van der Waals surface area (Å²) in [5.41, 5.74) is 7.66. The fourth-order valence-electron chi connectivity index (χ4n) is 3.02. The number of aromatic nitrogens is 1. The average molecular weight is 274 g/mol. The predicted molar refractivity (Wildman–Crippen MR) is 76.7 cm³/mol. The third kappa shape index (κ3) is 2.42. The minimum atomic E-state index is -0.253. The normalized spacial score (nSPS) is 22.9. The van der Waals surface area contributed by atoms with Crippen LogP contribution in [0.5, 0.6) is 0 Å². The molecule has 3 nitrogen and oxygen atoms in total. The van der Waals surface area contributed by atoms with Crippen molar-refractivity contribution in [2.24, 2.45) is 5.92 Å². The van der Waals surface area contributed by atoms with E-state index in [1.54, 1.807) is 12.1 Å². The van der Waals surface area contributed by atoms with Gasteiger partial charge in [0.05, 0.1) is 5.56 Å². The standard InChI is InChI=1S/C16H19FN2O/c1-10-2-4-12(5-3-10)15-14(16(18)19-20-15)11-6-8-13(17)9-7-11/h6-10,12H,2-5H2,1H3,(H2,18,19). The summed E-state index contributed by atoms with van der Waals surface area (Å²) >= 11 is 0. The van der Waals surface area contributed by atoms with Crippen LogP contribution in [0.15, 0.2) is 28.8 Å². The van der Waals surface area contributed by atoms with Gasteiger partial charge < -0.3 is 10.3 Å². The maximum atomic E-state index is 13.1. The first-order chi connectivity index (χ1) is 9.65. The molecule has 1 aromatic carbocycles. The summed E-state index contributed by atoms with van der Waals surface area (Å²) in [5.74, 6) is 2.15. The van der Waals surface area contributed by atoms with E-state index in [2.05, 4.69) is 12.1 Å². The maximum absolute atomic E-state index is 13.1. The first-order valence-electron chi connectivity index (χ1n) is 7.16. The Bertz CT molecular complexity index is 583. The molecule has 0 saturated heterocycles. The van der Waals surface area contributed by atoms with Gasteiger partial charge in [-0.2, -0.15) is 0 Å². The highest BCUT2D eigenvalue weighted by Gasteiger charge is 2.27. The molecular weight excluding hydrogens is 255 g/mol. The topological polar surface area (TPSA) is 52.0 Å². The van der Waals surface area contributed by atoms with Crippen molar-refractivity contribution < 1.29 is 8.91 Å². The Morgan fingerprint density at radius 3 is 2.45 bits per heavy atom. The lowest BCUT2D eigenvalue weighted by Gasteiger charge is -2.24. The molecule has 0 atom stereocenters. The molecule has 1 aromatic heterocycles. The fraction of sp³-hybridized carbons (Fsp3) is 0.438. The van der Waals surface area contributed by atoms with Crippen molar-refractivity contribution in [1.82, 2.24) is 5.16 Å². The first kappa shape index (κ1) is 13.2. The SMILES string of the molecule is CC1CCC(c2onc(N)c2-c2ccc(F)cc2)CC1. The van der Waals surface area contributed by atoms with Crippen LogP contribution in [0.1, 0.15) is 44.3 Å². The molecule has 1 aliphatic carbocycles. The van der Waals surface area contributed by atoms with E-state index in [-0.39, 0.29) is 5.82 Å². The molecule has 1 aliphatic rings. The zero-order valence-corrected chi connectivity index (χ0v) is 11.6. The third-order valence-electron chi connectivity index (χ3n) is 4.26. The summed E-state index contributed by atoms with van der Waals surface area (Å²) in [5, 5.41) is 3.92. The van der Waals surface area contributed by atoms with Gasteiger partial charge in [-0.3, -0.25) is 0 Å². The number of benzene rings is 1. The van der Waals surface area contributed by atoms with Crippen molar-refractivity contribution in [1.29, 1.82) is 0 Å². The van der Waals surface area contributed by atoms with Crippen LogP contribution in [-0.2, 0) is 0 Å². The van der Waals surface area contributed by atoms with E-state index in [1.165, 1.54) is 25.0 Å². The van der Waals surface area contributed by atoms with Crippen LogP contribution in [0.2, 0.25) is 0 Å². The van der Waals surface area contributed by atoms with Crippen molar-refractivity contribution in [3.63, 3.8) is 0 Å². The van der Waals surface area contributed by atoms with Gasteiger partial charge in [0, 0.05) is 5.92 Å². The second-order valence-corrected chi connectivity index (χ2v) is 5.77. The van der Waals surface area contributed by atoms with E-state index >= 15 is 0 Å². The number of nitrogen functional groups attached to an aromatic ring is 1. The summed E-state index contributed by atoms with van der Waals surface area (Å²) in [7, 11) is 0. The molecule has 0 aliphatic heterocycles. The van der Waals surface area contributed by atoms with Crippen molar-refractivity contribution in [3.05, 3.63) is 35.8 Å². The summed E-state index contributed by atoms with van der Waals surface area (Å²) in [4.78, 5) is 0. The third-order valence-corrected chi connectivity index (χ3v) is 4.26. The Morgan fingerprint density at radius 1 is 1.15 bits per heavy atom. The molecule has 0 radical (unpaired) electrons. The van der Waals surface area contributed by atoms with Gasteiger partial charge in [0.25, 0.3) is 0 Å². The average Bonchev–Trinajstić information content (AvgIpc) is 2.83. The molecule has 2 N–H and O–H groups in total. The maximum Gasteiger partial charge on any atom is 0.175 e. The van der Waals surface area contributed by atoms with Crippen LogP contribution in [0.3, 0.4) is 0 Å². The zero-order valence-electron chi connectivity index (χ0n) is 11.6. The van der Waals surface area contributed by atoms with Gasteiger partial charge in [0.15, 0.2) is 5.82 Å². The van der Waals surface area contributed by atoms with E-state index < -0.39 is 0 Å². The van der Waals surface area contributed by atoms with Gasteiger partial charge in [-0.1, -0.05) is 37.1 Å². The minimum Gasteiger partial charge on any atom is -0.380 e. The highest BCUT2D eigenvalue weighted by Crippen LogP contribution is 2.41. The molecule has 0 unspecified atom stereocenters. The quantitative estimate of drug-likeness (QED) is 0.885. The van der Waals surface area contributed by atoms with E-state index in [4.69, 9.17) is 10.3 Å². The Labute approximate surface area is 118 Å². The van der Waals surface area contributed by atoms with Gasteiger partial charge >= 0.3 is 0 Å². The molecule has 0 spiro atoms. The van der Waals surface area contributed by atoms with Gasteiger partial charge in [0.1, 0.15) is 11.6 Å². The highest BCUT2D eigenvalue weighted by molar-refractivity contribution is 5.75. The van der Waals surface area contributed by atoms with Crippen molar-refractivity contribution >= 4 is 5.82 Å². The monoisotopic (exact) mass is 274 g/mol. The van der Waals surface area contributed by atoms with E-state index in [0.717, 1.165) is 35.6 Å². The van der Waals surface area contributed by atoms with Gasteiger partial charge in [-0.25, -0.2) is 4.39 Å². The van der Waals surface area contributed by atoms with Crippen LogP contribution >= 0.6 is 0 Å². The van der Waals surface area contributed by atoms with Crippen LogP contribution in [0.25, 0.3) is 11.1 Å². The zero-order chi connectivity index (χ0) is 14.1. The van der Waals surface area contributed by atoms with Crippen molar-refractivity contribution in [2.45, 2.75) is 38.5 Å². The Morgan fingerprint density at radius 2 is 1.80 bits per heavy atom. The lowest BCUT2D eigenvalue weighted by molar-refractivity contribution is 0.289. The van der Waals surface area contributed by atoms with Crippen LogP contribution in [-0.4, -0.2) is 5.16 Å². The number of hydrogen-bond donors (Lipinski definition) is 1. The number of rotatable bonds is 2. The molecule has 106 valence electrons. The molecule has 1 heterocycles. The van der Waals surface area contributed by atoms with Gasteiger partial charge in [-0.05, 0) is 36.5 Å². The molecule has 0 amide bonds. The Hall–Kier alpha value is -1.84. The summed E-state index contributed by atoms with van der Waals surface area (Å²) < 4.78 is 18.5. The van der Waals surface area contributed by atoms with Gasteiger partial charge in [-0.15, -0.1) is 0 Å². The smallest absolute Gasteiger partial charge is 0.175 e. The molecule has 4 heteroatoms.